The number of rotatable bonds is 8. The van der Waals surface area contributed by atoms with Crippen LogP contribution in [0.1, 0.15) is 6.42 Å². The predicted octanol–water partition coefficient (Wildman–Crippen LogP) is 3.53. The Bertz CT molecular complexity index is 796. The van der Waals surface area contributed by atoms with E-state index in [1.165, 1.54) is 0 Å². The SMILES string of the molecule is CSCCCNC(=S)Nc1cccc(S(=O)(=O)Nc2ccccc2)c1. The van der Waals surface area contributed by atoms with Gasteiger partial charge in [-0.25, -0.2) is 8.42 Å². The number of anilines is 2. The minimum atomic E-state index is -3.65. The second-order valence-electron chi connectivity index (χ2n) is 5.23. The molecule has 0 radical (unpaired) electrons. The van der Waals surface area contributed by atoms with Gasteiger partial charge in [-0.15, -0.1) is 0 Å². The highest BCUT2D eigenvalue weighted by atomic mass is 32.2. The lowest BCUT2D eigenvalue weighted by Gasteiger charge is -2.12. The van der Waals surface area contributed by atoms with Crippen LogP contribution in [0.5, 0.6) is 0 Å². The quantitative estimate of drug-likeness (QED) is 0.469. The number of sulfonamides is 1. The highest BCUT2D eigenvalue weighted by Crippen LogP contribution is 2.19. The molecule has 0 aliphatic rings. The van der Waals surface area contributed by atoms with E-state index in [-0.39, 0.29) is 4.90 Å². The van der Waals surface area contributed by atoms with Crippen molar-refractivity contribution < 1.29 is 8.42 Å². The average molecular weight is 396 g/mol. The number of hydrogen-bond donors (Lipinski definition) is 3. The Morgan fingerprint density at radius 3 is 2.52 bits per heavy atom. The molecule has 2 rings (SSSR count). The lowest BCUT2D eigenvalue weighted by atomic mass is 10.3. The Hall–Kier alpha value is -1.77. The standard InChI is InChI=1S/C17H21N3O2S3/c1-24-12-6-11-18-17(23)19-15-9-5-10-16(13-15)25(21,22)20-14-7-3-2-4-8-14/h2-5,7-10,13,20H,6,11-12H2,1H3,(H2,18,19,23). The Morgan fingerprint density at radius 2 is 1.80 bits per heavy atom. The highest BCUT2D eigenvalue weighted by molar-refractivity contribution is 7.98. The third-order valence-corrected chi connectivity index (χ3v) is 5.56. The second kappa shape index (κ2) is 9.65. The fraction of sp³-hybridized carbons (Fsp3) is 0.235. The number of para-hydroxylation sites is 1. The summed E-state index contributed by atoms with van der Waals surface area (Å²) in [5.74, 6) is 1.06. The summed E-state index contributed by atoms with van der Waals surface area (Å²) in [5, 5.41) is 6.60. The van der Waals surface area contributed by atoms with Gasteiger partial charge in [-0.2, -0.15) is 11.8 Å². The molecular weight excluding hydrogens is 374 g/mol. The van der Waals surface area contributed by atoms with Gasteiger partial charge >= 0.3 is 0 Å². The Balaban J connectivity index is 2.01. The minimum Gasteiger partial charge on any atom is -0.362 e. The summed E-state index contributed by atoms with van der Waals surface area (Å²) < 4.78 is 27.5. The molecule has 0 spiro atoms. The van der Waals surface area contributed by atoms with Gasteiger partial charge in [0.05, 0.1) is 4.90 Å². The van der Waals surface area contributed by atoms with Gasteiger partial charge in [-0.1, -0.05) is 24.3 Å². The van der Waals surface area contributed by atoms with Gasteiger partial charge in [0.25, 0.3) is 10.0 Å². The van der Waals surface area contributed by atoms with E-state index in [0.717, 1.165) is 18.7 Å². The monoisotopic (exact) mass is 395 g/mol. The molecule has 0 saturated carbocycles. The van der Waals surface area contributed by atoms with Crippen LogP contribution in [-0.4, -0.2) is 32.1 Å². The van der Waals surface area contributed by atoms with Crippen molar-refractivity contribution in [2.75, 3.05) is 28.6 Å². The van der Waals surface area contributed by atoms with Crippen molar-refractivity contribution in [3.05, 3.63) is 54.6 Å². The van der Waals surface area contributed by atoms with Crippen LogP contribution in [0.15, 0.2) is 59.5 Å². The molecule has 3 N–H and O–H groups in total. The Labute approximate surface area is 158 Å². The van der Waals surface area contributed by atoms with Crippen LogP contribution in [0.25, 0.3) is 0 Å². The molecule has 0 aliphatic heterocycles. The molecule has 0 saturated heterocycles. The van der Waals surface area contributed by atoms with Gasteiger partial charge < -0.3 is 10.6 Å². The first-order chi connectivity index (χ1) is 12.0. The van der Waals surface area contributed by atoms with Crippen LogP contribution < -0.4 is 15.4 Å². The molecule has 2 aromatic rings. The van der Waals surface area contributed by atoms with Gasteiger partial charge in [-0.05, 0) is 61.0 Å². The van der Waals surface area contributed by atoms with Gasteiger partial charge in [0.1, 0.15) is 0 Å². The third-order valence-electron chi connectivity index (χ3n) is 3.24. The van der Waals surface area contributed by atoms with Crippen molar-refractivity contribution in [3.63, 3.8) is 0 Å². The number of nitrogens with one attached hydrogen (secondary N) is 3. The van der Waals surface area contributed by atoms with Crippen LogP contribution in [0.2, 0.25) is 0 Å². The van der Waals surface area contributed by atoms with Crippen LogP contribution in [-0.2, 0) is 10.0 Å². The molecule has 0 aliphatic carbocycles. The number of thioether (sulfide) groups is 1. The zero-order valence-corrected chi connectivity index (χ0v) is 16.3. The summed E-state index contributed by atoms with van der Waals surface area (Å²) >= 11 is 7.02. The largest absolute Gasteiger partial charge is 0.362 e. The van der Waals surface area contributed by atoms with Gasteiger partial charge in [-0.3, -0.25) is 4.72 Å². The maximum atomic E-state index is 12.5. The molecular formula is C17H21N3O2S3. The molecule has 0 aromatic heterocycles. The highest BCUT2D eigenvalue weighted by Gasteiger charge is 2.14. The first kappa shape index (κ1) is 19.6. The number of benzene rings is 2. The molecule has 25 heavy (non-hydrogen) atoms. The molecule has 0 unspecified atom stereocenters. The summed E-state index contributed by atoms with van der Waals surface area (Å²) in [7, 11) is -3.65. The molecule has 0 fully saturated rings. The Morgan fingerprint density at radius 1 is 1.08 bits per heavy atom. The first-order valence-corrected chi connectivity index (χ1v) is 11.0. The Kier molecular flexibility index (Phi) is 7.54. The maximum Gasteiger partial charge on any atom is 0.261 e. The molecule has 134 valence electrons. The van der Waals surface area contributed by atoms with Gasteiger partial charge in [0, 0.05) is 17.9 Å². The number of hydrogen-bond acceptors (Lipinski definition) is 4. The van der Waals surface area contributed by atoms with Crippen LogP contribution in [0, 0.1) is 0 Å². The average Bonchev–Trinajstić information content (AvgIpc) is 2.59. The molecule has 5 nitrogen and oxygen atoms in total. The van der Waals surface area contributed by atoms with E-state index in [1.54, 1.807) is 60.3 Å². The molecule has 0 amide bonds. The van der Waals surface area contributed by atoms with E-state index in [2.05, 4.69) is 21.6 Å². The third kappa shape index (κ3) is 6.56. The van der Waals surface area contributed by atoms with Crippen LogP contribution >= 0.6 is 24.0 Å². The maximum absolute atomic E-state index is 12.5. The van der Waals surface area contributed by atoms with Gasteiger partial charge in [0.15, 0.2) is 5.11 Å². The lowest BCUT2D eigenvalue weighted by molar-refractivity contribution is 0.601. The molecule has 2 aromatic carbocycles. The lowest BCUT2D eigenvalue weighted by Crippen LogP contribution is -2.29. The first-order valence-electron chi connectivity index (χ1n) is 7.73. The second-order valence-corrected chi connectivity index (χ2v) is 8.30. The van der Waals surface area contributed by atoms with Crippen molar-refractivity contribution in [1.29, 1.82) is 0 Å². The van der Waals surface area contributed by atoms with Crippen LogP contribution in [0.3, 0.4) is 0 Å². The van der Waals surface area contributed by atoms with E-state index in [9.17, 15) is 8.42 Å². The summed E-state index contributed by atoms with van der Waals surface area (Å²) in [6.45, 7) is 0.778. The normalized spacial score (nSPS) is 10.9. The minimum absolute atomic E-state index is 0.173. The van der Waals surface area contributed by atoms with Gasteiger partial charge in [0.2, 0.25) is 0 Å². The number of thiocarbonyl (C=S) groups is 1. The van der Waals surface area contributed by atoms with Crippen molar-refractivity contribution in [1.82, 2.24) is 5.32 Å². The van der Waals surface area contributed by atoms with Crippen molar-refractivity contribution in [3.8, 4) is 0 Å². The fourth-order valence-corrected chi connectivity index (χ4v) is 3.81. The van der Waals surface area contributed by atoms with E-state index in [4.69, 9.17) is 12.2 Å². The predicted molar refractivity (Wildman–Crippen MR) is 111 cm³/mol. The smallest absolute Gasteiger partial charge is 0.261 e. The van der Waals surface area contributed by atoms with E-state index in [0.29, 0.717) is 16.5 Å². The summed E-state index contributed by atoms with van der Waals surface area (Å²) in [4.78, 5) is 0.173. The molecule has 0 bridgehead atoms. The van der Waals surface area contributed by atoms with E-state index in [1.807, 2.05) is 6.07 Å². The summed E-state index contributed by atoms with van der Waals surface area (Å²) in [6, 6.07) is 15.3. The molecule has 0 atom stereocenters. The zero-order valence-electron chi connectivity index (χ0n) is 13.9. The zero-order chi connectivity index (χ0) is 18.1. The van der Waals surface area contributed by atoms with Crippen LogP contribution in [0.4, 0.5) is 11.4 Å². The topological polar surface area (TPSA) is 70.2 Å². The van der Waals surface area contributed by atoms with Crippen molar-refractivity contribution >= 4 is 50.5 Å². The van der Waals surface area contributed by atoms with E-state index >= 15 is 0 Å². The van der Waals surface area contributed by atoms with Crippen molar-refractivity contribution in [2.24, 2.45) is 0 Å². The molecule has 8 heteroatoms. The summed E-state index contributed by atoms with van der Waals surface area (Å²) in [6.07, 6.45) is 3.07. The summed E-state index contributed by atoms with van der Waals surface area (Å²) in [5.41, 5.74) is 1.14. The fourth-order valence-electron chi connectivity index (χ4n) is 2.05. The van der Waals surface area contributed by atoms with E-state index < -0.39 is 10.0 Å². The molecule has 0 heterocycles. The van der Waals surface area contributed by atoms with Crippen molar-refractivity contribution in [2.45, 2.75) is 11.3 Å².